The second kappa shape index (κ2) is 5.79. The van der Waals surface area contributed by atoms with Crippen LogP contribution in [0.1, 0.15) is 6.42 Å². The summed E-state index contributed by atoms with van der Waals surface area (Å²) in [6, 6.07) is 5.05. The highest BCUT2D eigenvalue weighted by Gasteiger charge is 2.24. The van der Waals surface area contributed by atoms with Crippen LogP contribution in [0.25, 0.3) is 0 Å². The van der Waals surface area contributed by atoms with Crippen molar-refractivity contribution in [3.63, 3.8) is 0 Å². The number of benzene rings is 1. The molecule has 18 heavy (non-hydrogen) atoms. The molecule has 2 amide bonds. The average molecular weight is 253 g/mol. The standard InChI is InChI=1S/C12H16FN3O2/c13-8-3-1-2-4-9(8)15-12(18)16-10-7-14-6-5-11(10)17/h1-4,10-11,14,17H,5-7H2,(H2,15,16,18)/t10-,11-/m1/s1. The fourth-order valence-electron chi connectivity index (χ4n) is 1.88. The first-order chi connectivity index (χ1) is 8.66. The van der Waals surface area contributed by atoms with Gasteiger partial charge in [-0.05, 0) is 25.1 Å². The topological polar surface area (TPSA) is 73.4 Å². The Balaban J connectivity index is 1.90. The Morgan fingerprint density at radius 3 is 2.94 bits per heavy atom. The number of carbonyl (C=O) groups is 1. The third-order valence-electron chi connectivity index (χ3n) is 2.88. The number of hydrogen-bond acceptors (Lipinski definition) is 3. The number of hydrogen-bond donors (Lipinski definition) is 4. The number of rotatable bonds is 2. The lowest BCUT2D eigenvalue weighted by Crippen LogP contribution is -2.54. The van der Waals surface area contributed by atoms with Gasteiger partial charge in [-0.3, -0.25) is 0 Å². The Morgan fingerprint density at radius 2 is 2.22 bits per heavy atom. The molecule has 1 fully saturated rings. The van der Waals surface area contributed by atoms with Crippen molar-refractivity contribution in [2.24, 2.45) is 0 Å². The maximum absolute atomic E-state index is 13.3. The zero-order chi connectivity index (χ0) is 13.0. The second-order valence-corrected chi connectivity index (χ2v) is 4.24. The molecule has 1 aromatic rings. The number of halogens is 1. The zero-order valence-corrected chi connectivity index (χ0v) is 9.82. The van der Waals surface area contributed by atoms with E-state index < -0.39 is 18.0 Å². The van der Waals surface area contributed by atoms with Crippen LogP contribution in [-0.4, -0.2) is 36.4 Å². The number of nitrogens with one attached hydrogen (secondary N) is 3. The van der Waals surface area contributed by atoms with Crippen LogP contribution in [0.5, 0.6) is 0 Å². The molecule has 1 aliphatic heterocycles. The van der Waals surface area contributed by atoms with Gasteiger partial charge in [-0.1, -0.05) is 12.1 Å². The number of aliphatic hydroxyl groups is 1. The molecule has 1 aliphatic rings. The summed E-state index contributed by atoms with van der Waals surface area (Å²) >= 11 is 0. The Morgan fingerprint density at radius 1 is 1.44 bits per heavy atom. The quantitative estimate of drug-likeness (QED) is 0.626. The van der Waals surface area contributed by atoms with Crippen LogP contribution in [-0.2, 0) is 0 Å². The molecule has 0 saturated carbocycles. The van der Waals surface area contributed by atoms with E-state index in [0.717, 1.165) is 6.54 Å². The first kappa shape index (κ1) is 12.8. The molecule has 2 atom stereocenters. The van der Waals surface area contributed by atoms with E-state index in [2.05, 4.69) is 16.0 Å². The normalized spacial score (nSPS) is 23.4. The molecule has 98 valence electrons. The molecule has 1 heterocycles. The predicted molar refractivity (Wildman–Crippen MR) is 65.8 cm³/mol. The summed E-state index contributed by atoms with van der Waals surface area (Å²) in [5.41, 5.74) is 0.119. The summed E-state index contributed by atoms with van der Waals surface area (Å²) in [6.45, 7) is 1.24. The smallest absolute Gasteiger partial charge is 0.319 e. The van der Waals surface area contributed by atoms with Crippen molar-refractivity contribution >= 4 is 11.7 Å². The monoisotopic (exact) mass is 253 g/mol. The fraction of sp³-hybridized carbons (Fsp3) is 0.417. The number of urea groups is 1. The highest BCUT2D eigenvalue weighted by Crippen LogP contribution is 2.12. The number of para-hydroxylation sites is 1. The Hall–Kier alpha value is -1.66. The summed E-state index contributed by atoms with van der Waals surface area (Å²) in [5, 5.41) is 17.8. The Labute approximate surface area is 104 Å². The van der Waals surface area contributed by atoms with Crippen LogP contribution in [0.4, 0.5) is 14.9 Å². The number of carbonyl (C=O) groups excluding carboxylic acids is 1. The van der Waals surface area contributed by atoms with Crippen molar-refractivity contribution in [3.05, 3.63) is 30.1 Å². The van der Waals surface area contributed by atoms with E-state index in [9.17, 15) is 14.3 Å². The van der Waals surface area contributed by atoms with Crippen LogP contribution in [0.3, 0.4) is 0 Å². The molecular weight excluding hydrogens is 237 g/mol. The van der Waals surface area contributed by atoms with Gasteiger partial charge in [0.1, 0.15) is 5.82 Å². The van der Waals surface area contributed by atoms with E-state index in [-0.39, 0.29) is 11.7 Å². The van der Waals surface area contributed by atoms with Gasteiger partial charge in [0.15, 0.2) is 0 Å². The lowest BCUT2D eigenvalue weighted by molar-refractivity contribution is 0.103. The number of piperidine rings is 1. The molecule has 1 saturated heterocycles. The molecule has 0 spiro atoms. The summed E-state index contributed by atoms with van der Waals surface area (Å²) in [6.07, 6.45) is 0.0163. The van der Waals surface area contributed by atoms with Crippen molar-refractivity contribution in [1.29, 1.82) is 0 Å². The summed E-state index contributed by atoms with van der Waals surface area (Å²) in [4.78, 5) is 11.7. The second-order valence-electron chi connectivity index (χ2n) is 4.24. The molecule has 6 heteroatoms. The van der Waals surface area contributed by atoms with Crippen molar-refractivity contribution in [2.45, 2.75) is 18.6 Å². The lowest BCUT2D eigenvalue weighted by atomic mass is 10.0. The van der Waals surface area contributed by atoms with E-state index in [4.69, 9.17) is 0 Å². The molecule has 0 unspecified atom stereocenters. The molecule has 0 bridgehead atoms. The first-order valence-electron chi connectivity index (χ1n) is 5.87. The largest absolute Gasteiger partial charge is 0.391 e. The molecular formula is C12H16FN3O2. The summed E-state index contributed by atoms with van der Waals surface area (Å²) < 4.78 is 13.3. The third-order valence-corrected chi connectivity index (χ3v) is 2.88. The maximum Gasteiger partial charge on any atom is 0.319 e. The maximum atomic E-state index is 13.3. The van der Waals surface area contributed by atoms with Gasteiger partial charge < -0.3 is 21.1 Å². The van der Waals surface area contributed by atoms with Gasteiger partial charge in [0, 0.05) is 6.54 Å². The molecule has 2 rings (SSSR count). The molecule has 4 N–H and O–H groups in total. The van der Waals surface area contributed by atoms with Gasteiger partial charge in [0.05, 0.1) is 17.8 Å². The van der Waals surface area contributed by atoms with E-state index in [1.54, 1.807) is 12.1 Å². The third kappa shape index (κ3) is 3.18. The average Bonchev–Trinajstić information content (AvgIpc) is 2.35. The Kier molecular flexibility index (Phi) is 4.11. The van der Waals surface area contributed by atoms with Crippen molar-refractivity contribution in [3.8, 4) is 0 Å². The Bertz CT molecular complexity index is 428. The van der Waals surface area contributed by atoms with E-state index in [0.29, 0.717) is 13.0 Å². The highest BCUT2D eigenvalue weighted by atomic mass is 19.1. The van der Waals surface area contributed by atoms with Crippen LogP contribution < -0.4 is 16.0 Å². The summed E-state index contributed by atoms with van der Waals surface area (Å²) in [7, 11) is 0. The van der Waals surface area contributed by atoms with Gasteiger partial charge >= 0.3 is 6.03 Å². The van der Waals surface area contributed by atoms with Crippen LogP contribution >= 0.6 is 0 Å². The van der Waals surface area contributed by atoms with Crippen molar-refractivity contribution in [1.82, 2.24) is 10.6 Å². The highest BCUT2D eigenvalue weighted by molar-refractivity contribution is 5.89. The van der Waals surface area contributed by atoms with Gasteiger partial charge in [-0.15, -0.1) is 0 Å². The molecule has 0 aliphatic carbocycles. The fourth-order valence-corrected chi connectivity index (χ4v) is 1.88. The minimum absolute atomic E-state index is 0.119. The SMILES string of the molecule is O=C(Nc1ccccc1F)N[C@@H]1CNCC[C@H]1O. The number of anilines is 1. The van der Waals surface area contributed by atoms with Crippen LogP contribution in [0, 0.1) is 5.82 Å². The van der Waals surface area contributed by atoms with Crippen molar-refractivity contribution in [2.75, 3.05) is 18.4 Å². The van der Waals surface area contributed by atoms with Crippen molar-refractivity contribution < 1.29 is 14.3 Å². The molecule has 0 radical (unpaired) electrons. The predicted octanol–water partition coefficient (Wildman–Crippen LogP) is 0.670. The van der Waals surface area contributed by atoms with Gasteiger partial charge in [0.2, 0.25) is 0 Å². The lowest BCUT2D eigenvalue weighted by Gasteiger charge is -2.29. The number of aliphatic hydroxyl groups excluding tert-OH is 1. The molecule has 5 nitrogen and oxygen atoms in total. The van der Waals surface area contributed by atoms with Gasteiger partial charge in [-0.25, -0.2) is 9.18 Å². The molecule has 1 aromatic carbocycles. The minimum atomic E-state index is -0.572. The first-order valence-corrected chi connectivity index (χ1v) is 5.87. The zero-order valence-electron chi connectivity index (χ0n) is 9.82. The van der Waals surface area contributed by atoms with E-state index in [1.807, 2.05) is 0 Å². The van der Waals surface area contributed by atoms with Gasteiger partial charge in [0.25, 0.3) is 0 Å². The van der Waals surface area contributed by atoms with Crippen LogP contribution in [0.15, 0.2) is 24.3 Å². The minimum Gasteiger partial charge on any atom is -0.391 e. The van der Waals surface area contributed by atoms with Crippen LogP contribution in [0.2, 0.25) is 0 Å². The van der Waals surface area contributed by atoms with E-state index >= 15 is 0 Å². The molecule has 0 aromatic heterocycles. The number of amides is 2. The van der Waals surface area contributed by atoms with E-state index in [1.165, 1.54) is 12.1 Å². The summed E-state index contributed by atoms with van der Waals surface area (Å²) in [5.74, 6) is -0.491. The van der Waals surface area contributed by atoms with Gasteiger partial charge in [-0.2, -0.15) is 0 Å².